The Morgan fingerprint density at radius 3 is 2.55 bits per heavy atom. The summed E-state index contributed by atoms with van der Waals surface area (Å²) in [5.74, 6) is 1.78. The summed E-state index contributed by atoms with van der Waals surface area (Å²) >= 11 is 0. The van der Waals surface area contributed by atoms with E-state index in [9.17, 15) is 4.79 Å². The number of carbonyl (C=O) groups excluding carboxylic acids is 1. The van der Waals surface area contributed by atoms with Gasteiger partial charge in [0, 0.05) is 50.2 Å². The van der Waals surface area contributed by atoms with E-state index in [1.165, 1.54) is 0 Å². The summed E-state index contributed by atoms with van der Waals surface area (Å²) < 4.78 is 7.42. The molecule has 1 saturated heterocycles. The number of carbonyl (C=O) groups is 1. The van der Waals surface area contributed by atoms with Crippen LogP contribution in [0, 0.1) is 0 Å². The standard InChI is InChI=1S/C25H24N4O2/c1-31-21-9-5-8-20(18-21)29-13-12-26-25(29)28-16-14-27(15-17-28)24(30)23-11-4-7-19-6-2-3-10-22(19)23/h2-13,18H,14-17H2,1H3. The van der Waals surface area contributed by atoms with Crippen LogP contribution in [0.5, 0.6) is 5.75 Å². The second-order valence-corrected chi connectivity index (χ2v) is 7.60. The molecule has 1 fully saturated rings. The van der Waals surface area contributed by atoms with Crippen molar-refractivity contribution in [2.24, 2.45) is 0 Å². The van der Waals surface area contributed by atoms with Gasteiger partial charge in [-0.2, -0.15) is 0 Å². The third kappa shape index (κ3) is 3.61. The zero-order valence-electron chi connectivity index (χ0n) is 17.4. The molecule has 1 aromatic heterocycles. The molecule has 0 atom stereocenters. The fourth-order valence-corrected chi connectivity index (χ4v) is 4.18. The zero-order chi connectivity index (χ0) is 21.2. The number of amides is 1. The van der Waals surface area contributed by atoms with Gasteiger partial charge in [0.05, 0.1) is 12.8 Å². The number of anilines is 1. The number of nitrogens with zero attached hydrogens (tertiary/aromatic N) is 4. The predicted octanol–water partition coefficient (Wildman–Crippen LogP) is 4.00. The van der Waals surface area contributed by atoms with Crippen LogP contribution in [0.15, 0.2) is 79.1 Å². The quantitative estimate of drug-likeness (QED) is 0.509. The molecule has 3 aromatic carbocycles. The van der Waals surface area contributed by atoms with E-state index in [1.807, 2.05) is 84.0 Å². The van der Waals surface area contributed by atoms with Crippen LogP contribution >= 0.6 is 0 Å². The maximum absolute atomic E-state index is 13.2. The van der Waals surface area contributed by atoms with Gasteiger partial charge in [0.25, 0.3) is 5.91 Å². The van der Waals surface area contributed by atoms with Crippen molar-refractivity contribution in [1.82, 2.24) is 14.5 Å². The van der Waals surface area contributed by atoms with E-state index >= 15 is 0 Å². The summed E-state index contributed by atoms with van der Waals surface area (Å²) in [5, 5.41) is 2.10. The molecule has 2 heterocycles. The van der Waals surface area contributed by atoms with Gasteiger partial charge >= 0.3 is 0 Å². The van der Waals surface area contributed by atoms with Gasteiger partial charge in [-0.05, 0) is 29.0 Å². The Bertz CT molecular complexity index is 1220. The third-order valence-corrected chi connectivity index (χ3v) is 5.82. The number of imidazole rings is 1. The lowest BCUT2D eigenvalue weighted by Crippen LogP contribution is -2.49. The maximum Gasteiger partial charge on any atom is 0.254 e. The van der Waals surface area contributed by atoms with E-state index in [0.29, 0.717) is 13.1 Å². The fraction of sp³-hybridized carbons (Fsp3) is 0.200. The fourth-order valence-electron chi connectivity index (χ4n) is 4.18. The molecule has 1 amide bonds. The second kappa shape index (κ2) is 8.14. The number of methoxy groups -OCH3 is 1. The second-order valence-electron chi connectivity index (χ2n) is 7.60. The Morgan fingerprint density at radius 1 is 0.935 bits per heavy atom. The predicted molar refractivity (Wildman–Crippen MR) is 122 cm³/mol. The van der Waals surface area contributed by atoms with E-state index < -0.39 is 0 Å². The van der Waals surface area contributed by atoms with Crippen LogP contribution < -0.4 is 9.64 Å². The van der Waals surface area contributed by atoms with Gasteiger partial charge in [-0.25, -0.2) is 4.98 Å². The third-order valence-electron chi connectivity index (χ3n) is 5.82. The first kappa shape index (κ1) is 19.2. The molecule has 6 heteroatoms. The number of benzene rings is 3. The molecule has 0 N–H and O–H groups in total. The molecule has 0 spiro atoms. The van der Waals surface area contributed by atoms with Crippen molar-refractivity contribution in [2.75, 3.05) is 38.2 Å². The molecule has 5 rings (SSSR count). The SMILES string of the molecule is COc1cccc(-n2ccnc2N2CCN(C(=O)c3cccc4ccccc34)CC2)c1. The van der Waals surface area contributed by atoms with Gasteiger partial charge in [0.2, 0.25) is 5.95 Å². The van der Waals surface area contributed by atoms with E-state index in [-0.39, 0.29) is 5.91 Å². The Labute approximate surface area is 181 Å². The number of hydrogen-bond acceptors (Lipinski definition) is 4. The molecule has 1 aliphatic rings. The van der Waals surface area contributed by atoms with Crippen LogP contribution in [0.2, 0.25) is 0 Å². The van der Waals surface area contributed by atoms with Gasteiger partial charge in [-0.3, -0.25) is 9.36 Å². The van der Waals surface area contributed by atoms with Crippen molar-refractivity contribution < 1.29 is 9.53 Å². The molecule has 31 heavy (non-hydrogen) atoms. The molecule has 4 aromatic rings. The summed E-state index contributed by atoms with van der Waals surface area (Å²) in [4.78, 5) is 22.0. The van der Waals surface area contributed by atoms with Gasteiger partial charge in [0.15, 0.2) is 0 Å². The summed E-state index contributed by atoms with van der Waals surface area (Å²) in [6, 6.07) is 21.9. The topological polar surface area (TPSA) is 50.6 Å². The number of fused-ring (bicyclic) bond motifs is 1. The molecule has 6 nitrogen and oxygen atoms in total. The number of piperazine rings is 1. The van der Waals surface area contributed by atoms with Crippen molar-refractivity contribution in [3.05, 3.63) is 84.7 Å². The maximum atomic E-state index is 13.2. The minimum atomic E-state index is 0.0904. The van der Waals surface area contributed by atoms with Gasteiger partial charge in [-0.15, -0.1) is 0 Å². The number of hydrogen-bond donors (Lipinski definition) is 0. The molecule has 0 aliphatic carbocycles. The lowest BCUT2D eigenvalue weighted by Gasteiger charge is -2.35. The van der Waals surface area contributed by atoms with Gasteiger partial charge in [-0.1, -0.05) is 42.5 Å². The zero-order valence-corrected chi connectivity index (χ0v) is 17.4. The number of aromatic nitrogens is 2. The minimum Gasteiger partial charge on any atom is -0.497 e. The average molecular weight is 412 g/mol. The lowest BCUT2D eigenvalue weighted by atomic mass is 10.0. The molecule has 0 saturated carbocycles. The average Bonchev–Trinajstić information content (AvgIpc) is 3.33. The Hall–Kier alpha value is -3.80. The molecule has 0 unspecified atom stereocenters. The Kier molecular flexibility index (Phi) is 5.04. The normalized spacial score (nSPS) is 14.1. The minimum absolute atomic E-state index is 0.0904. The molecule has 0 radical (unpaired) electrons. The molecule has 0 bridgehead atoms. The summed E-state index contributed by atoms with van der Waals surface area (Å²) in [6.45, 7) is 2.79. The van der Waals surface area contributed by atoms with Crippen LogP contribution in [-0.2, 0) is 0 Å². The highest BCUT2D eigenvalue weighted by atomic mass is 16.5. The van der Waals surface area contributed by atoms with Crippen LogP contribution in [0.25, 0.3) is 16.5 Å². The van der Waals surface area contributed by atoms with Crippen LogP contribution in [0.4, 0.5) is 5.95 Å². The lowest BCUT2D eigenvalue weighted by molar-refractivity contribution is 0.0748. The highest BCUT2D eigenvalue weighted by Gasteiger charge is 2.25. The summed E-state index contributed by atoms with van der Waals surface area (Å²) in [7, 11) is 1.67. The highest BCUT2D eigenvalue weighted by Crippen LogP contribution is 2.24. The summed E-state index contributed by atoms with van der Waals surface area (Å²) in [6.07, 6.45) is 3.76. The monoisotopic (exact) mass is 412 g/mol. The van der Waals surface area contributed by atoms with Gasteiger partial charge < -0.3 is 14.5 Å². The van der Waals surface area contributed by atoms with Crippen molar-refractivity contribution in [3.63, 3.8) is 0 Å². The number of ether oxygens (including phenoxy) is 1. The number of rotatable bonds is 4. The first-order valence-corrected chi connectivity index (χ1v) is 10.4. The smallest absolute Gasteiger partial charge is 0.254 e. The van der Waals surface area contributed by atoms with Crippen molar-refractivity contribution in [1.29, 1.82) is 0 Å². The van der Waals surface area contributed by atoms with E-state index in [2.05, 4.69) is 14.5 Å². The molecule has 156 valence electrons. The van der Waals surface area contributed by atoms with Crippen LogP contribution in [0.3, 0.4) is 0 Å². The van der Waals surface area contributed by atoms with Crippen LogP contribution in [-0.4, -0.2) is 53.6 Å². The largest absolute Gasteiger partial charge is 0.497 e. The van der Waals surface area contributed by atoms with Crippen molar-refractivity contribution in [2.45, 2.75) is 0 Å². The van der Waals surface area contributed by atoms with Crippen molar-refractivity contribution >= 4 is 22.6 Å². The Balaban J connectivity index is 1.33. The summed E-state index contributed by atoms with van der Waals surface area (Å²) in [5.41, 5.74) is 1.77. The Morgan fingerprint density at radius 2 is 1.71 bits per heavy atom. The van der Waals surface area contributed by atoms with Crippen molar-refractivity contribution in [3.8, 4) is 11.4 Å². The van der Waals surface area contributed by atoms with Gasteiger partial charge in [0.1, 0.15) is 5.75 Å². The molecular weight excluding hydrogens is 388 g/mol. The van der Waals surface area contributed by atoms with E-state index in [4.69, 9.17) is 4.74 Å². The van der Waals surface area contributed by atoms with Crippen LogP contribution in [0.1, 0.15) is 10.4 Å². The molecule has 1 aliphatic heterocycles. The molecular formula is C25H24N4O2. The first-order valence-electron chi connectivity index (χ1n) is 10.4. The van der Waals surface area contributed by atoms with E-state index in [0.717, 1.165) is 46.8 Å². The van der Waals surface area contributed by atoms with E-state index in [1.54, 1.807) is 7.11 Å². The highest BCUT2D eigenvalue weighted by molar-refractivity contribution is 6.07. The first-order chi connectivity index (χ1) is 15.2.